The predicted octanol–water partition coefficient (Wildman–Crippen LogP) is 2.49. The summed E-state index contributed by atoms with van der Waals surface area (Å²) in [6.07, 6.45) is 7.65. The molecule has 1 N–H and O–H groups in total. The van der Waals surface area contributed by atoms with E-state index in [2.05, 4.69) is 11.9 Å². The first-order chi connectivity index (χ1) is 9.08. The van der Waals surface area contributed by atoms with Gasteiger partial charge in [0.1, 0.15) is 6.29 Å². The monoisotopic (exact) mass is 265 g/mol. The average molecular weight is 265 g/mol. The first kappa shape index (κ1) is 15.6. The van der Waals surface area contributed by atoms with E-state index in [0.29, 0.717) is 31.1 Å². The molecule has 0 saturated carbocycles. The number of carbonyl (C=O) groups is 1. The van der Waals surface area contributed by atoms with E-state index in [1.807, 2.05) is 13.0 Å². The van der Waals surface area contributed by atoms with Crippen LogP contribution < -0.4 is 0 Å². The van der Waals surface area contributed by atoms with Crippen LogP contribution in [0.5, 0.6) is 0 Å². The van der Waals surface area contributed by atoms with Gasteiger partial charge in [-0.15, -0.1) is 0 Å². The van der Waals surface area contributed by atoms with Crippen LogP contribution >= 0.6 is 0 Å². The zero-order chi connectivity index (χ0) is 14.3. The van der Waals surface area contributed by atoms with Crippen molar-refractivity contribution in [3.8, 4) is 0 Å². The summed E-state index contributed by atoms with van der Waals surface area (Å²) in [6, 6.07) is 0. The van der Waals surface area contributed by atoms with Crippen LogP contribution in [-0.4, -0.2) is 30.8 Å². The number of carbonyl (C=O) groups excluding carboxylic acids is 1. The summed E-state index contributed by atoms with van der Waals surface area (Å²) in [6.45, 7) is 4.11. The molecule has 0 aromatic heterocycles. The fourth-order valence-corrected chi connectivity index (χ4v) is 2.02. The smallest absolute Gasteiger partial charge is 0.212 e. The van der Waals surface area contributed by atoms with Gasteiger partial charge in [0, 0.05) is 25.1 Å². The minimum Gasteiger partial charge on any atom is -0.481 e. The van der Waals surface area contributed by atoms with Crippen molar-refractivity contribution >= 4 is 12.5 Å². The molecule has 19 heavy (non-hydrogen) atoms. The molecule has 106 valence electrons. The van der Waals surface area contributed by atoms with E-state index in [1.54, 1.807) is 19.4 Å². The van der Waals surface area contributed by atoms with Gasteiger partial charge in [-0.3, -0.25) is 0 Å². The first-order valence-corrected chi connectivity index (χ1v) is 6.67. The molecule has 4 nitrogen and oxygen atoms in total. The summed E-state index contributed by atoms with van der Waals surface area (Å²) in [7, 11) is 1.57. The van der Waals surface area contributed by atoms with Crippen LogP contribution in [0, 0.1) is 11.8 Å². The van der Waals surface area contributed by atoms with Crippen LogP contribution in [0.4, 0.5) is 0 Å². The average Bonchev–Trinajstić information content (AvgIpc) is 2.64. The molecule has 0 aromatic rings. The van der Waals surface area contributed by atoms with E-state index in [1.165, 1.54) is 0 Å². The third-order valence-corrected chi connectivity index (χ3v) is 3.66. The highest BCUT2D eigenvalue weighted by Crippen LogP contribution is 2.24. The summed E-state index contributed by atoms with van der Waals surface area (Å²) in [5.41, 5.74) is 0.931. The molecule has 0 aliphatic carbocycles. The van der Waals surface area contributed by atoms with Gasteiger partial charge in [-0.05, 0) is 23.8 Å². The lowest BCUT2D eigenvalue weighted by molar-refractivity contribution is -0.108. The van der Waals surface area contributed by atoms with Crippen LogP contribution in [0.2, 0.25) is 0 Å². The molecule has 1 heterocycles. The summed E-state index contributed by atoms with van der Waals surface area (Å²) < 4.78 is 5.05. The van der Waals surface area contributed by atoms with E-state index in [0.717, 1.165) is 11.9 Å². The number of rotatable bonds is 7. The van der Waals surface area contributed by atoms with Gasteiger partial charge in [0.05, 0.1) is 13.2 Å². The number of aldehydes is 1. The second kappa shape index (κ2) is 7.89. The van der Waals surface area contributed by atoms with Gasteiger partial charge >= 0.3 is 0 Å². The number of hydrogen-bond donors (Lipinski definition) is 1. The molecule has 3 unspecified atom stereocenters. The minimum atomic E-state index is -0.497. The second-order valence-electron chi connectivity index (χ2n) is 5.07. The van der Waals surface area contributed by atoms with Gasteiger partial charge in [-0.1, -0.05) is 19.9 Å². The molecule has 1 aliphatic rings. The van der Waals surface area contributed by atoms with Gasteiger partial charge < -0.3 is 14.6 Å². The maximum atomic E-state index is 10.5. The zero-order valence-corrected chi connectivity index (χ0v) is 11.9. The highest BCUT2D eigenvalue weighted by Gasteiger charge is 2.19. The Morgan fingerprint density at radius 1 is 1.42 bits per heavy atom. The van der Waals surface area contributed by atoms with Gasteiger partial charge in [-0.25, -0.2) is 4.99 Å². The number of aliphatic hydroxyl groups excluding tert-OH is 1. The Hall–Kier alpha value is -1.42. The van der Waals surface area contributed by atoms with E-state index in [4.69, 9.17) is 4.74 Å². The molecule has 0 spiro atoms. The largest absolute Gasteiger partial charge is 0.481 e. The summed E-state index contributed by atoms with van der Waals surface area (Å²) in [5.74, 6) is 1.13. The maximum absolute atomic E-state index is 10.5. The molecule has 0 amide bonds. The lowest BCUT2D eigenvalue weighted by Crippen LogP contribution is -2.19. The number of ether oxygens (including phenoxy) is 1. The first-order valence-electron chi connectivity index (χ1n) is 6.67. The molecular weight excluding hydrogens is 242 g/mol. The van der Waals surface area contributed by atoms with Crippen LogP contribution in [0.25, 0.3) is 0 Å². The van der Waals surface area contributed by atoms with E-state index < -0.39 is 6.10 Å². The highest BCUT2D eigenvalue weighted by molar-refractivity contribution is 5.64. The molecule has 0 aromatic carbocycles. The molecule has 0 saturated heterocycles. The van der Waals surface area contributed by atoms with Crippen molar-refractivity contribution in [2.75, 3.05) is 7.11 Å². The number of nitrogens with zero attached hydrogens (tertiary/aromatic N) is 1. The van der Waals surface area contributed by atoms with Crippen molar-refractivity contribution in [3.63, 3.8) is 0 Å². The molecule has 1 aliphatic heterocycles. The van der Waals surface area contributed by atoms with Gasteiger partial charge in [-0.2, -0.15) is 0 Å². The Labute approximate surface area is 114 Å². The predicted molar refractivity (Wildman–Crippen MR) is 75.9 cm³/mol. The van der Waals surface area contributed by atoms with Gasteiger partial charge in [0.25, 0.3) is 0 Å². The second-order valence-corrected chi connectivity index (χ2v) is 5.07. The van der Waals surface area contributed by atoms with E-state index in [9.17, 15) is 9.90 Å². The standard InChI is InChI=1S/C15H23NO3/c1-11(7-9-17)12(2)10-14(18)13-4-5-15(19-3)16-8-6-13/h4-5,8-9,11-12,14,18H,6-7,10H2,1-3H3. The van der Waals surface area contributed by atoms with Crippen molar-refractivity contribution in [1.82, 2.24) is 0 Å². The van der Waals surface area contributed by atoms with Gasteiger partial charge in [0.15, 0.2) is 0 Å². The van der Waals surface area contributed by atoms with E-state index >= 15 is 0 Å². The SMILES string of the molecule is COC1=CC=C(C(O)CC(C)C(C)CC=O)CC=N1. The van der Waals surface area contributed by atoms with Crippen molar-refractivity contribution in [1.29, 1.82) is 0 Å². The van der Waals surface area contributed by atoms with Crippen LogP contribution in [0.3, 0.4) is 0 Å². The molecule has 3 atom stereocenters. The molecule has 0 radical (unpaired) electrons. The Bertz CT molecular complexity index is 385. The summed E-state index contributed by atoms with van der Waals surface area (Å²) >= 11 is 0. The van der Waals surface area contributed by atoms with Crippen LogP contribution in [-0.2, 0) is 9.53 Å². The number of allylic oxidation sites excluding steroid dienone is 2. The maximum Gasteiger partial charge on any atom is 0.212 e. The minimum absolute atomic E-state index is 0.289. The van der Waals surface area contributed by atoms with Crippen molar-refractivity contribution in [3.05, 3.63) is 23.6 Å². The summed E-state index contributed by atoms with van der Waals surface area (Å²) in [5, 5.41) is 10.3. The number of methoxy groups -OCH3 is 1. The quantitative estimate of drug-likeness (QED) is 0.719. The van der Waals surface area contributed by atoms with Crippen molar-refractivity contribution in [2.24, 2.45) is 16.8 Å². The molecule has 0 bridgehead atoms. The third-order valence-electron chi connectivity index (χ3n) is 3.66. The number of hydrogen-bond acceptors (Lipinski definition) is 4. The number of aliphatic hydroxyl groups is 1. The van der Waals surface area contributed by atoms with E-state index in [-0.39, 0.29) is 5.92 Å². The van der Waals surface area contributed by atoms with Crippen LogP contribution in [0.1, 0.15) is 33.1 Å². The fraction of sp³-hybridized carbons (Fsp3) is 0.600. The topological polar surface area (TPSA) is 58.9 Å². The normalized spacial score (nSPS) is 19.8. The van der Waals surface area contributed by atoms with Gasteiger partial charge in [0.2, 0.25) is 5.88 Å². The third kappa shape index (κ3) is 4.99. The van der Waals surface area contributed by atoms with Crippen LogP contribution in [0.15, 0.2) is 28.6 Å². The number of aliphatic imine (C=N–C) groups is 1. The highest BCUT2D eigenvalue weighted by atomic mass is 16.5. The molecule has 4 heteroatoms. The Morgan fingerprint density at radius 3 is 2.79 bits per heavy atom. The Morgan fingerprint density at radius 2 is 2.16 bits per heavy atom. The fourth-order valence-electron chi connectivity index (χ4n) is 2.02. The molecule has 0 fully saturated rings. The molecule has 1 rings (SSSR count). The Balaban J connectivity index is 2.60. The van der Waals surface area contributed by atoms with Crippen molar-refractivity contribution in [2.45, 2.75) is 39.2 Å². The summed E-state index contributed by atoms with van der Waals surface area (Å²) in [4.78, 5) is 14.6. The Kier molecular flexibility index (Phi) is 6.50. The molecular formula is C15H23NO3. The lowest BCUT2D eigenvalue weighted by Gasteiger charge is -2.22. The zero-order valence-electron chi connectivity index (χ0n) is 11.9. The lowest BCUT2D eigenvalue weighted by atomic mass is 9.86. The van der Waals surface area contributed by atoms with Crippen molar-refractivity contribution < 1.29 is 14.6 Å².